The van der Waals surface area contributed by atoms with Gasteiger partial charge in [0, 0.05) is 0 Å². The van der Waals surface area contributed by atoms with Crippen molar-refractivity contribution >= 4 is 15.2 Å². The molecular formula is C22H47Cl2P2Ti. The monoisotopic (exact) mass is 491 g/mol. The van der Waals surface area contributed by atoms with Crippen molar-refractivity contribution in [3.05, 3.63) is 0 Å². The van der Waals surface area contributed by atoms with E-state index in [0.29, 0.717) is 0 Å². The van der Waals surface area contributed by atoms with E-state index in [1.807, 2.05) is 0 Å². The second-order valence-corrected chi connectivity index (χ2v) is 12.3. The molecular weight excluding hydrogens is 445 g/mol. The zero-order valence-electron chi connectivity index (χ0n) is 18.6. The zero-order chi connectivity index (χ0) is 18.8. The van der Waals surface area contributed by atoms with Gasteiger partial charge in [-0.15, -0.1) is 8.58 Å². The van der Waals surface area contributed by atoms with Crippen LogP contribution in [0.4, 0.5) is 0 Å². The molecule has 3 atom stereocenters. The number of hydrogen-bond acceptors (Lipinski definition) is 0. The SMILES string of the molecule is CCCCPC1CCCC(CCCC)(CCCC)C1.CCCC[PH][Ti+2].[Cl-].[Cl-]. The van der Waals surface area contributed by atoms with Gasteiger partial charge < -0.3 is 24.8 Å². The van der Waals surface area contributed by atoms with Crippen LogP contribution in [0.5, 0.6) is 0 Å². The minimum absolute atomic E-state index is 0. The maximum absolute atomic E-state index is 2.36. The van der Waals surface area contributed by atoms with Crippen molar-refractivity contribution in [1.29, 1.82) is 0 Å². The Morgan fingerprint density at radius 1 is 0.815 bits per heavy atom. The average molecular weight is 492 g/mol. The molecule has 0 nitrogen and oxygen atoms in total. The third-order valence-electron chi connectivity index (χ3n) is 5.68. The Labute approximate surface area is 199 Å². The molecule has 1 aliphatic rings. The summed E-state index contributed by atoms with van der Waals surface area (Å²) in [7, 11) is 1.27. The van der Waals surface area contributed by atoms with Crippen molar-refractivity contribution in [2.24, 2.45) is 5.41 Å². The van der Waals surface area contributed by atoms with Gasteiger partial charge in [-0.3, -0.25) is 0 Å². The van der Waals surface area contributed by atoms with Gasteiger partial charge >= 0.3 is 52.4 Å². The Hall–Kier alpha value is 2.15. The third kappa shape index (κ3) is 18.6. The second-order valence-electron chi connectivity index (χ2n) is 8.09. The summed E-state index contributed by atoms with van der Waals surface area (Å²) in [5.74, 6) is 0. The van der Waals surface area contributed by atoms with Crippen LogP contribution < -0.4 is 24.8 Å². The van der Waals surface area contributed by atoms with Gasteiger partial charge in [-0.05, 0) is 55.8 Å². The molecule has 163 valence electrons. The first kappa shape index (κ1) is 33.8. The van der Waals surface area contributed by atoms with E-state index >= 15 is 0 Å². The van der Waals surface area contributed by atoms with Gasteiger partial charge in [0.05, 0.1) is 0 Å². The van der Waals surface area contributed by atoms with Crippen molar-refractivity contribution in [2.75, 3.05) is 12.3 Å². The first-order valence-electron chi connectivity index (χ1n) is 11.3. The number of halogens is 2. The standard InChI is InChI=1S/C18H37P.C4H10P.2ClH.Ti/c1-4-7-12-18(13-8-5-2)14-10-11-17(16-18)19-15-9-6-3;1-2-3-4-5;;;/h17,19H,4-16H2,1-3H3;5H,2-4H2,1H3;2*1H;/q;-1;;;+3/p-2. The molecule has 1 fully saturated rings. The predicted octanol–water partition coefficient (Wildman–Crippen LogP) is 2.71. The molecule has 0 amide bonds. The molecule has 0 aromatic heterocycles. The molecule has 0 spiro atoms. The van der Waals surface area contributed by atoms with E-state index in [4.69, 9.17) is 0 Å². The van der Waals surface area contributed by atoms with Crippen LogP contribution in [-0.2, 0) is 19.9 Å². The fourth-order valence-electron chi connectivity index (χ4n) is 4.06. The number of unbranched alkanes of at least 4 members (excludes halogenated alkanes) is 4. The van der Waals surface area contributed by atoms with E-state index in [0.717, 1.165) is 17.6 Å². The van der Waals surface area contributed by atoms with Crippen LogP contribution in [0.15, 0.2) is 0 Å². The van der Waals surface area contributed by atoms with E-state index in [-0.39, 0.29) is 24.8 Å². The molecule has 1 rings (SSSR count). The molecule has 5 heteroatoms. The summed E-state index contributed by atoms with van der Waals surface area (Å²) >= 11 is 2.26. The van der Waals surface area contributed by atoms with Crippen molar-refractivity contribution in [1.82, 2.24) is 0 Å². The topological polar surface area (TPSA) is 0 Å². The summed E-state index contributed by atoms with van der Waals surface area (Å²) in [6.45, 7) is 10.4. The average Bonchev–Trinajstić information content (AvgIpc) is 2.64. The van der Waals surface area contributed by atoms with Gasteiger partial charge in [0.25, 0.3) is 0 Å². The normalized spacial score (nSPS) is 18.8. The van der Waals surface area contributed by atoms with Crippen LogP contribution in [0.1, 0.15) is 118 Å². The van der Waals surface area contributed by atoms with Crippen LogP contribution in [0.25, 0.3) is 0 Å². The largest absolute Gasteiger partial charge is 1.00 e. The number of hydrogen-bond donors (Lipinski definition) is 0. The number of rotatable bonds is 13. The smallest absolute Gasteiger partial charge is 1.00 e. The summed E-state index contributed by atoms with van der Waals surface area (Å²) in [5, 5.41) is 0. The van der Waals surface area contributed by atoms with Gasteiger partial charge in [0.1, 0.15) is 0 Å². The minimum Gasteiger partial charge on any atom is -1.00 e. The van der Waals surface area contributed by atoms with Gasteiger partial charge in [-0.2, -0.15) is 0 Å². The maximum atomic E-state index is 2.36. The molecule has 0 saturated heterocycles. The summed E-state index contributed by atoms with van der Waals surface area (Å²) in [4.78, 5) is 0. The van der Waals surface area contributed by atoms with Crippen LogP contribution in [0, 0.1) is 5.41 Å². The molecule has 0 heterocycles. The molecule has 27 heavy (non-hydrogen) atoms. The first-order chi connectivity index (χ1) is 12.2. The molecule has 0 aromatic carbocycles. The van der Waals surface area contributed by atoms with Crippen molar-refractivity contribution in [3.8, 4) is 0 Å². The van der Waals surface area contributed by atoms with Crippen molar-refractivity contribution < 1.29 is 44.7 Å². The molecule has 0 bridgehead atoms. The quantitative estimate of drug-likeness (QED) is 0.211. The molecule has 1 aliphatic carbocycles. The predicted molar refractivity (Wildman–Crippen MR) is 120 cm³/mol. The van der Waals surface area contributed by atoms with Crippen molar-refractivity contribution in [2.45, 2.75) is 123 Å². The molecule has 0 aliphatic heterocycles. The summed E-state index contributed by atoms with van der Waals surface area (Å²) in [5.41, 5.74) is 1.85. The van der Waals surface area contributed by atoms with E-state index in [1.165, 1.54) is 91.5 Å². The Morgan fingerprint density at radius 3 is 1.78 bits per heavy atom. The summed E-state index contributed by atoms with van der Waals surface area (Å²) in [6, 6.07) is 0. The van der Waals surface area contributed by atoms with Gasteiger partial charge in [0.15, 0.2) is 0 Å². The molecule has 0 aromatic rings. The molecule has 0 radical (unpaired) electrons. The van der Waals surface area contributed by atoms with Crippen LogP contribution in [-0.4, -0.2) is 18.0 Å². The van der Waals surface area contributed by atoms with E-state index < -0.39 is 0 Å². The van der Waals surface area contributed by atoms with Gasteiger partial charge in [0.2, 0.25) is 0 Å². The van der Waals surface area contributed by atoms with E-state index in [2.05, 4.69) is 47.6 Å². The fraction of sp³-hybridized carbons (Fsp3) is 1.00. The van der Waals surface area contributed by atoms with Crippen molar-refractivity contribution in [3.63, 3.8) is 0 Å². The van der Waals surface area contributed by atoms with Gasteiger partial charge in [-0.1, -0.05) is 59.3 Å². The van der Waals surface area contributed by atoms with E-state index in [1.54, 1.807) is 19.3 Å². The maximum Gasteiger partial charge on any atom is -1.00 e. The Morgan fingerprint density at radius 2 is 1.33 bits per heavy atom. The Balaban J connectivity index is -0.000000627. The molecule has 1 saturated carbocycles. The third-order valence-corrected chi connectivity index (χ3v) is 9.17. The summed E-state index contributed by atoms with van der Waals surface area (Å²) in [6.07, 6.45) is 23.5. The molecule has 0 N–H and O–H groups in total. The zero-order valence-corrected chi connectivity index (χ0v) is 23.7. The van der Waals surface area contributed by atoms with Crippen LogP contribution >= 0.6 is 15.2 Å². The van der Waals surface area contributed by atoms with Crippen LogP contribution in [0.2, 0.25) is 0 Å². The minimum atomic E-state index is 0. The van der Waals surface area contributed by atoms with E-state index in [9.17, 15) is 0 Å². The first-order valence-corrected chi connectivity index (χ1v) is 16.1. The van der Waals surface area contributed by atoms with Crippen LogP contribution in [0.3, 0.4) is 0 Å². The second kappa shape index (κ2) is 24.4. The Kier molecular flexibility index (Phi) is 30.6. The Bertz CT molecular complexity index is 269. The van der Waals surface area contributed by atoms with Gasteiger partial charge in [-0.25, -0.2) is 0 Å². The summed E-state index contributed by atoms with van der Waals surface area (Å²) < 4.78 is 0. The fourth-order valence-corrected chi connectivity index (χ4v) is 7.37. The molecule has 3 unspecified atom stereocenters.